The molecular formula is C15H19BrO3S. The van der Waals surface area contributed by atoms with Crippen LogP contribution < -0.4 is 0 Å². The molecule has 20 heavy (non-hydrogen) atoms. The van der Waals surface area contributed by atoms with Crippen molar-refractivity contribution in [3.63, 3.8) is 0 Å². The first-order valence-electron chi connectivity index (χ1n) is 6.83. The van der Waals surface area contributed by atoms with E-state index in [2.05, 4.69) is 29.8 Å². The minimum atomic E-state index is -1.26. The quantitative estimate of drug-likeness (QED) is 0.885. The predicted octanol–water partition coefficient (Wildman–Crippen LogP) is 4.08. The second-order valence-corrected chi connectivity index (χ2v) is 8.25. The van der Waals surface area contributed by atoms with Gasteiger partial charge < -0.3 is 5.11 Å². The van der Waals surface area contributed by atoms with Crippen molar-refractivity contribution in [3.05, 3.63) is 28.2 Å². The van der Waals surface area contributed by atoms with E-state index >= 15 is 0 Å². The van der Waals surface area contributed by atoms with Crippen LogP contribution in [-0.2, 0) is 10.8 Å². The molecule has 0 saturated heterocycles. The van der Waals surface area contributed by atoms with Crippen LogP contribution in [0.1, 0.15) is 43.5 Å². The van der Waals surface area contributed by atoms with Gasteiger partial charge in [0.05, 0.1) is 21.3 Å². The summed E-state index contributed by atoms with van der Waals surface area (Å²) < 4.78 is 13.5. The lowest BCUT2D eigenvalue weighted by molar-refractivity contribution is 0.0693. The van der Waals surface area contributed by atoms with E-state index in [1.165, 1.54) is 6.07 Å². The van der Waals surface area contributed by atoms with Crippen LogP contribution in [0.4, 0.5) is 0 Å². The number of rotatable bonds is 3. The molecule has 0 amide bonds. The molecule has 0 bridgehead atoms. The fourth-order valence-electron chi connectivity index (χ4n) is 2.71. The molecule has 1 aromatic carbocycles. The van der Waals surface area contributed by atoms with Gasteiger partial charge in [0.2, 0.25) is 0 Å². The third-order valence-corrected chi connectivity index (χ3v) is 6.54. The van der Waals surface area contributed by atoms with Gasteiger partial charge in [0.15, 0.2) is 0 Å². The lowest BCUT2D eigenvalue weighted by Gasteiger charge is -2.31. The van der Waals surface area contributed by atoms with Crippen LogP contribution in [0.15, 0.2) is 27.6 Å². The van der Waals surface area contributed by atoms with E-state index in [1.54, 1.807) is 12.1 Å². The van der Waals surface area contributed by atoms with Crippen molar-refractivity contribution in [3.8, 4) is 0 Å². The Bertz CT molecular complexity index is 544. The van der Waals surface area contributed by atoms with Crippen molar-refractivity contribution in [2.24, 2.45) is 11.8 Å². The maximum atomic E-state index is 12.8. The lowest BCUT2D eigenvalue weighted by atomic mass is 9.81. The molecule has 1 fully saturated rings. The molecule has 4 atom stereocenters. The van der Waals surface area contributed by atoms with E-state index < -0.39 is 16.8 Å². The highest BCUT2D eigenvalue weighted by molar-refractivity contribution is 9.10. The van der Waals surface area contributed by atoms with Gasteiger partial charge in [0.25, 0.3) is 0 Å². The Morgan fingerprint density at radius 1 is 1.30 bits per heavy atom. The molecule has 1 aliphatic rings. The minimum Gasteiger partial charge on any atom is -0.478 e. The first-order chi connectivity index (χ1) is 9.40. The van der Waals surface area contributed by atoms with Gasteiger partial charge in [-0.1, -0.05) is 29.8 Å². The van der Waals surface area contributed by atoms with Crippen LogP contribution in [-0.4, -0.2) is 20.5 Å². The predicted molar refractivity (Wildman–Crippen MR) is 83.5 cm³/mol. The average molecular weight is 359 g/mol. The van der Waals surface area contributed by atoms with Gasteiger partial charge in [0.1, 0.15) is 0 Å². The van der Waals surface area contributed by atoms with Crippen molar-refractivity contribution >= 4 is 32.7 Å². The zero-order chi connectivity index (χ0) is 14.9. The van der Waals surface area contributed by atoms with Crippen molar-refractivity contribution in [2.45, 2.75) is 43.3 Å². The second-order valence-electron chi connectivity index (χ2n) is 5.63. The summed E-state index contributed by atoms with van der Waals surface area (Å²) in [4.78, 5) is 11.7. The summed E-state index contributed by atoms with van der Waals surface area (Å²) in [5, 5.41) is 9.31. The lowest BCUT2D eigenvalue weighted by Crippen LogP contribution is -2.28. The normalized spacial score (nSPS) is 28.1. The van der Waals surface area contributed by atoms with Gasteiger partial charge in [-0.05, 0) is 49.3 Å². The minimum absolute atomic E-state index is 0.0635. The standard InChI is InChI=1S/C15H19BrO3S/c1-9-3-5-12(7-10(9)2)20(19)14-8-11(16)4-6-13(14)15(17)18/h4,6,8-10,12H,3,5,7H2,1-2H3,(H,17,18). The molecule has 0 aliphatic heterocycles. The number of benzene rings is 1. The van der Waals surface area contributed by atoms with Gasteiger partial charge in [-0.25, -0.2) is 4.79 Å². The largest absolute Gasteiger partial charge is 0.478 e. The molecule has 2 rings (SSSR count). The molecule has 110 valence electrons. The van der Waals surface area contributed by atoms with Crippen molar-refractivity contribution in [1.82, 2.24) is 0 Å². The Hall–Kier alpha value is -0.680. The first kappa shape index (κ1) is 15.7. The monoisotopic (exact) mass is 358 g/mol. The number of carboxylic acids is 1. The van der Waals surface area contributed by atoms with E-state index in [9.17, 15) is 14.1 Å². The zero-order valence-corrected chi connectivity index (χ0v) is 14.0. The Labute approximate surface area is 130 Å². The third-order valence-electron chi connectivity index (χ3n) is 4.24. The number of hydrogen-bond donors (Lipinski definition) is 1. The molecule has 0 spiro atoms. The summed E-state index contributed by atoms with van der Waals surface area (Å²) in [6, 6.07) is 4.88. The van der Waals surface area contributed by atoms with Crippen molar-refractivity contribution in [2.75, 3.05) is 0 Å². The number of aromatic carboxylic acids is 1. The van der Waals surface area contributed by atoms with Gasteiger partial charge in [-0.3, -0.25) is 4.21 Å². The highest BCUT2D eigenvalue weighted by Crippen LogP contribution is 2.34. The van der Waals surface area contributed by atoms with Gasteiger partial charge >= 0.3 is 5.97 Å². The topological polar surface area (TPSA) is 54.4 Å². The maximum absolute atomic E-state index is 12.8. The Kier molecular flexibility index (Phi) is 5.02. The number of carbonyl (C=O) groups is 1. The van der Waals surface area contributed by atoms with Crippen LogP contribution in [0.3, 0.4) is 0 Å². The molecular weight excluding hydrogens is 340 g/mol. The van der Waals surface area contributed by atoms with E-state index in [0.717, 1.165) is 23.7 Å². The SMILES string of the molecule is CC1CCC(S(=O)c2cc(Br)ccc2C(=O)O)CC1C. The van der Waals surface area contributed by atoms with Crippen LogP contribution in [0.25, 0.3) is 0 Å². The number of carboxylic acid groups (broad SMARTS) is 1. The fourth-order valence-corrected chi connectivity index (χ4v) is 5.03. The average Bonchev–Trinajstić information content (AvgIpc) is 2.40. The summed E-state index contributed by atoms with van der Waals surface area (Å²) in [6.45, 7) is 4.42. The van der Waals surface area contributed by atoms with Crippen LogP contribution >= 0.6 is 15.9 Å². The molecule has 3 nitrogen and oxygen atoms in total. The zero-order valence-electron chi connectivity index (χ0n) is 11.6. The summed E-state index contributed by atoms with van der Waals surface area (Å²) >= 11 is 3.33. The number of halogens is 1. The van der Waals surface area contributed by atoms with Crippen molar-refractivity contribution in [1.29, 1.82) is 0 Å². The van der Waals surface area contributed by atoms with E-state index in [-0.39, 0.29) is 10.8 Å². The van der Waals surface area contributed by atoms with Gasteiger partial charge in [0, 0.05) is 9.72 Å². The molecule has 4 unspecified atom stereocenters. The van der Waals surface area contributed by atoms with E-state index in [0.29, 0.717) is 16.7 Å². The van der Waals surface area contributed by atoms with Crippen molar-refractivity contribution < 1.29 is 14.1 Å². The fraction of sp³-hybridized carbons (Fsp3) is 0.533. The van der Waals surface area contributed by atoms with E-state index in [4.69, 9.17) is 0 Å². The smallest absolute Gasteiger partial charge is 0.336 e. The van der Waals surface area contributed by atoms with Gasteiger partial charge in [-0.2, -0.15) is 0 Å². The molecule has 1 aromatic rings. The Balaban J connectivity index is 2.29. The summed E-state index contributed by atoms with van der Waals surface area (Å²) in [5.41, 5.74) is 0.151. The highest BCUT2D eigenvalue weighted by atomic mass is 79.9. The van der Waals surface area contributed by atoms with Crippen LogP contribution in [0.5, 0.6) is 0 Å². The maximum Gasteiger partial charge on any atom is 0.336 e. The molecule has 0 aromatic heterocycles. The molecule has 0 heterocycles. The summed E-state index contributed by atoms with van der Waals surface area (Å²) in [7, 11) is -1.26. The molecule has 5 heteroatoms. The second kappa shape index (κ2) is 6.39. The molecule has 1 saturated carbocycles. The molecule has 1 N–H and O–H groups in total. The van der Waals surface area contributed by atoms with Gasteiger partial charge in [-0.15, -0.1) is 0 Å². The summed E-state index contributed by atoms with van der Waals surface area (Å²) in [5.74, 6) is 0.181. The highest BCUT2D eigenvalue weighted by Gasteiger charge is 2.30. The third kappa shape index (κ3) is 3.31. The van der Waals surface area contributed by atoms with Crippen LogP contribution in [0.2, 0.25) is 0 Å². The summed E-state index contributed by atoms with van der Waals surface area (Å²) in [6.07, 6.45) is 2.87. The first-order valence-corrected chi connectivity index (χ1v) is 8.84. The molecule has 1 aliphatic carbocycles. The molecule has 0 radical (unpaired) electrons. The Morgan fingerprint density at radius 2 is 2.00 bits per heavy atom. The Morgan fingerprint density at radius 3 is 2.60 bits per heavy atom. The van der Waals surface area contributed by atoms with Crippen LogP contribution in [0, 0.1) is 11.8 Å². The number of hydrogen-bond acceptors (Lipinski definition) is 2. The van der Waals surface area contributed by atoms with E-state index in [1.807, 2.05) is 0 Å².